The average Bonchev–Trinajstić information content (AvgIpc) is 3.13. The number of benzene rings is 2. The van der Waals surface area contributed by atoms with Crippen molar-refractivity contribution in [3.05, 3.63) is 71.9 Å². The van der Waals surface area contributed by atoms with Gasteiger partial charge in [0.25, 0.3) is 0 Å². The van der Waals surface area contributed by atoms with Gasteiger partial charge in [-0.25, -0.2) is 0 Å². The van der Waals surface area contributed by atoms with Gasteiger partial charge in [-0.05, 0) is 43.4 Å². The first-order chi connectivity index (χ1) is 14.7. The highest BCUT2D eigenvalue weighted by molar-refractivity contribution is 5.85. The minimum Gasteiger partial charge on any atom is -0.343 e. The van der Waals surface area contributed by atoms with Gasteiger partial charge in [-0.1, -0.05) is 79.6 Å². The van der Waals surface area contributed by atoms with Crippen LogP contribution >= 0.6 is 0 Å². The molecule has 0 bridgehead atoms. The summed E-state index contributed by atoms with van der Waals surface area (Å²) in [6, 6.07) is 19.2. The van der Waals surface area contributed by atoms with Crippen molar-refractivity contribution in [2.45, 2.75) is 64.3 Å². The van der Waals surface area contributed by atoms with E-state index in [1.54, 1.807) is 6.92 Å². The number of carbonyl (C=O) groups excluding carboxylic acids is 1. The fourth-order valence-corrected chi connectivity index (χ4v) is 4.58. The summed E-state index contributed by atoms with van der Waals surface area (Å²) in [5, 5.41) is 1.26. The molecule has 4 rings (SSSR count). The third-order valence-corrected chi connectivity index (χ3v) is 6.24. The zero-order valence-corrected chi connectivity index (χ0v) is 17.9. The molecular weight excluding hydrogens is 366 g/mol. The van der Waals surface area contributed by atoms with E-state index >= 15 is 0 Å². The highest BCUT2D eigenvalue weighted by Gasteiger charge is 2.18. The molecule has 1 aliphatic rings. The van der Waals surface area contributed by atoms with Crippen LogP contribution in [0.1, 0.15) is 68.9 Å². The van der Waals surface area contributed by atoms with Crippen LogP contribution in [0.2, 0.25) is 0 Å². The molecule has 0 amide bonds. The number of ketones is 1. The molecule has 3 aromatic rings. The normalized spacial score (nSPS) is 15.5. The van der Waals surface area contributed by atoms with Gasteiger partial charge in [-0.3, -0.25) is 0 Å². The van der Waals surface area contributed by atoms with Crippen LogP contribution in [0.3, 0.4) is 0 Å². The van der Waals surface area contributed by atoms with Crippen LogP contribution < -0.4 is 0 Å². The Morgan fingerprint density at radius 1 is 1.03 bits per heavy atom. The third kappa shape index (κ3) is 5.03. The van der Waals surface area contributed by atoms with E-state index in [0.717, 1.165) is 13.0 Å². The standard InChI is InChI=1S/C28H31NO/c1-22(30)16-18-25(19-17-23-10-4-2-5-11-23)27-21-29(20-24-12-6-3-7-13-24)28-15-9-8-14-26(27)28/h3,6-9,12-15,21,23,25H,2,4-5,10-11,16,18,20H2,1H3. The third-order valence-electron chi connectivity index (χ3n) is 6.24. The van der Waals surface area contributed by atoms with Gasteiger partial charge < -0.3 is 9.36 Å². The molecule has 0 saturated heterocycles. The fraction of sp³-hybridized carbons (Fsp3) is 0.393. The van der Waals surface area contributed by atoms with Crippen LogP contribution in [0.5, 0.6) is 0 Å². The molecule has 30 heavy (non-hydrogen) atoms. The maximum absolute atomic E-state index is 11.7. The molecule has 1 unspecified atom stereocenters. The van der Waals surface area contributed by atoms with Gasteiger partial charge in [0.05, 0.1) is 0 Å². The number of hydrogen-bond acceptors (Lipinski definition) is 1. The zero-order chi connectivity index (χ0) is 20.8. The second-order valence-corrected chi connectivity index (χ2v) is 8.63. The quantitative estimate of drug-likeness (QED) is 0.423. The second kappa shape index (κ2) is 9.81. The molecule has 2 aromatic carbocycles. The Bertz CT molecular complexity index is 1040. The zero-order valence-electron chi connectivity index (χ0n) is 17.9. The van der Waals surface area contributed by atoms with Crippen LogP contribution in [0.15, 0.2) is 60.8 Å². The first-order valence-electron chi connectivity index (χ1n) is 11.3. The topological polar surface area (TPSA) is 22.0 Å². The Morgan fingerprint density at radius 2 is 1.77 bits per heavy atom. The monoisotopic (exact) mass is 397 g/mol. The number of rotatable bonds is 6. The summed E-state index contributed by atoms with van der Waals surface area (Å²) in [4.78, 5) is 11.7. The lowest BCUT2D eigenvalue weighted by Crippen LogP contribution is -2.05. The van der Waals surface area contributed by atoms with E-state index in [-0.39, 0.29) is 11.7 Å². The molecule has 2 nitrogen and oxygen atoms in total. The molecule has 2 heteroatoms. The van der Waals surface area contributed by atoms with Crippen molar-refractivity contribution >= 4 is 16.7 Å². The van der Waals surface area contributed by atoms with Crippen LogP contribution in [0, 0.1) is 17.8 Å². The van der Waals surface area contributed by atoms with Crippen molar-refractivity contribution < 1.29 is 4.79 Å². The lowest BCUT2D eigenvalue weighted by atomic mass is 9.88. The molecule has 1 aromatic heterocycles. The number of aromatic nitrogens is 1. The minimum absolute atomic E-state index is 0.109. The predicted octanol–water partition coefficient (Wildman–Crippen LogP) is 6.73. The lowest BCUT2D eigenvalue weighted by molar-refractivity contribution is -0.117. The summed E-state index contributed by atoms with van der Waals surface area (Å²) in [5.74, 6) is 8.09. The summed E-state index contributed by atoms with van der Waals surface area (Å²) in [7, 11) is 0. The summed E-state index contributed by atoms with van der Waals surface area (Å²) in [5.41, 5.74) is 3.80. The molecule has 1 heterocycles. The summed E-state index contributed by atoms with van der Waals surface area (Å²) >= 11 is 0. The van der Waals surface area contributed by atoms with Gasteiger partial charge in [0.15, 0.2) is 0 Å². The molecule has 154 valence electrons. The predicted molar refractivity (Wildman–Crippen MR) is 124 cm³/mol. The van der Waals surface area contributed by atoms with Crippen molar-refractivity contribution in [3.63, 3.8) is 0 Å². The Kier molecular flexibility index (Phi) is 6.70. The second-order valence-electron chi connectivity index (χ2n) is 8.63. The molecule has 1 atom stereocenters. The van der Waals surface area contributed by atoms with E-state index in [2.05, 4.69) is 77.2 Å². The van der Waals surface area contributed by atoms with E-state index in [9.17, 15) is 4.79 Å². The lowest BCUT2D eigenvalue weighted by Gasteiger charge is -2.16. The highest BCUT2D eigenvalue weighted by Crippen LogP contribution is 2.32. The summed E-state index contributed by atoms with van der Waals surface area (Å²) < 4.78 is 2.34. The number of fused-ring (bicyclic) bond motifs is 1. The number of hydrogen-bond donors (Lipinski definition) is 0. The number of para-hydroxylation sites is 1. The largest absolute Gasteiger partial charge is 0.343 e. The van der Waals surface area contributed by atoms with Gasteiger partial charge in [-0.15, -0.1) is 0 Å². The molecule has 1 saturated carbocycles. The van der Waals surface area contributed by atoms with Crippen molar-refractivity contribution in [1.29, 1.82) is 0 Å². The van der Waals surface area contributed by atoms with Gasteiger partial charge in [0, 0.05) is 41.9 Å². The Balaban J connectivity index is 1.69. The van der Waals surface area contributed by atoms with Crippen LogP contribution in [0.25, 0.3) is 10.9 Å². The maximum Gasteiger partial charge on any atom is 0.129 e. The average molecular weight is 398 g/mol. The first kappa shape index (κ1) is 20.5. The molecule has 0 spiro atoms. The van der Waals surface area contributed by atoms with Crippen molar-refractivity contribution in [2.75, 3.05) is 0 Å². The smallest absolute Gasteiger partial charge is 0.129 e. The van der Waals surface area contributed by atoms with Gasteiger partial charge in [0.1, 0.15) is 5.78 Å². The van der Waals surface area contributed by atoms with E-state index < -0.39 is 0 Å². The minimum atomic E-state index is 0.109. The maximum atomic E-state index is 11.7. The van der Waals surface area contributed by atoms with Crippen LogP contribution in [0.4, 0.5) is 0 Å². The Labute approximate surface area is 180 Å². The number of nitrogens with zero attached hydrogens (tertiary/aromatic N) is 1. The molecule has 0 N–H and O–H groups in total. The van der Waals surface area contributed by atoms with Crippen molar-refractivity contribution in [3.8, 4) is 11.8 Å². The molecule has 0 radical (unpaired) electrons. The SMILES string of the molecule is CC(=O)CCC(C#CC1CCCCC1)c1cn(Cc2ccccc2)c2ccccc12. The molecule has 0 aliphatic heterocycles. The Morgan fingerprint density at radius 3 is 2.53 bits per heavy atom. The molecular formula is C28H31NO. The summed E-state index contributed by atoms with van der Waals surface area (Å²) in [6.45, 7) is 2.53. The van der Waals surface area contributed by atoms with Crippen molar-refractivity contribution in [2.24, 2.45) is 5.92 Å². The van der Waals surface area contributed by atoms with E-state index in [0.29, 0.717) is 12.3 Å². The Hall–Kier alpha value is -2.79. The van der Waals surface area contributed by atoms with Crippen molar-refractivity contribution in [1.82, 2.24) is 4.57 Å². The van der Waals surface area contributed by atoms with Gasteiger partial charge in [0.2, 0.25) is 0 Å². The van der Waals surface area contributed by atoms with E-state index in [1.165, 1.54) is 54.1 Å². The molecule has 1 fully saturated rings. The van der Waals surface area contributed by atoms with Gasteiger partial charge >= 0.3 is 0 Å². The van der Waals surface area contributed by atoms with Crippen LogP contribution in [-0.4, -0.2) is 10.4 Å². The van der Waals surface area contributed by atoms with Gasteiger partial charge in [-0.2, -0.15) is 0 Å². The molecule has 1 aliphatic carbocycles. The number of Topliss-reactive ketones (excluding diaryl/α,β-unsaturated/α-hetero) is 1. The van der Waals surface area contributed by atoms with E-state index in [4.69, 9.17) is 0 Å². The van der Waals surface area contributed by atoms with Crippen LogP contribution in [-0.2, 0) is 11.3 Å². The number of carbonyl (C=O) groups is 1. The fourth-order valence-electron chi connectivity index (χ4n) is 4.58. The summed E-state index contributed by atoms with van der Waals surface area (Å²) in [6.07, 6.45) is 10.1. The first-order valence-corrected chi connectivity index (χ1v) is 11.3. The van der Waals surface area contributed by atoms with E-state index in [1.807, 2.05) is 0 Å². The highest BCUT2D eigenvalue weighted by atomic mass is 16.1.